The number of benzene rings is 2. The Labute approximate surface area is 182 Å². The maximum atomic E-state index is 13.8. The molecule has 0 saturated heterocycles. The van der Waals surface area contributed by atoms with Gasteiger partial charge in [0.2, 0.25) is 0 Å². The third-order valence-electron chi connectivity index (χ3n) is 5.90. The van der Waals surface area contributed by atoms with Gasteiger partial charge in [-0.1, -0.05) is 55.3 Å². The first-order chi connectivity index (χ1) is 15.1. The van der Waals surface area contributed by atoms with Crippen LogP contribution < -0.4 is 0 Å². The Morgan fingerprint density at radius 3 is 2.58 bits per heavy atom. The SMILES string of the molecule is O=S(=O)(c1ccccc1)n1c(C(=CC2CCCC2)c2c[c]ccc2)cc2cccnc21. The number of pyridine rings is 1. The highest BCUT2D eigenvalue weighted by Crippen LogP contribution is 2.35. The summed E-state index contributed by atoms with van der Waals surface area (Å²) in [5.74, 6) is 0.439. The van der Waals surface area contributed by atoms with Crippen LogP contribution in [0.25, 0.3) is 16.6 Å². The lowest BCUT2D eigenvalue weighted by Crippen LogP contribution is -2.16. The maximum Gasteiger partial charge on any atom is 0.269 e. The first-order valence-corrected chi connectivity index (χ1v) is 12.0. The second-order valence-corrected chi connectivity index (χ2v) is 9.73. The average Bonchev–Trinajstić information content (AvgIpc) is 3.46. The molecule has 0 atom stereocenters. The molecule has 1 aliphatic carbocycles. The van der Waals surface area contributed by atoms with Gasteiger partial charge < -0.3 is 0 Å². The van der Waals surface area contributed by atoms with E-state index in [2.05, 4.69) is 17.1 Å². The first-order valence-electron chi connectivity index (χ1n) is 10.6. The number of allylic oxidation sites excluding steroid dienone is 1. The van der Waals surface area contributed by atoms with Crippen LogP contribution in [-0.2, 0) is 10.0 Å². The van der Waals surface area contributed by atoms with Crippen molar-refractivity contribution in [3.8, 4) is 0 Å². The highest BCUT2D eigenvalue weighted by molar-refractivity contribution is 7.90. The van der Waals surface area contributed by atoms with Gasteiger partial charge in [-0.25, -0.2) is 17.4 Å². The van der Waals surface area contributed by atoms with Crippen LogP contribution in [0.1, 0.15) is 36.9 Å². The summed E-state index contributed by atoms with van der Waals surface area (Å²) >= 11 is 0. The smallest absolute Gasteiger partial charge is 0.237 e. The molecule has 4 nitrogen and oxygen atoms in total. The molecule has 5 heteroatoms. The molecule has 155 valence electrons. The molecular formula is C26H23N2O2S. The van der Waals surface area contributed by atoms with Gasteiger partial charge in [0, 0.05) is 17.2 Å². The van der Waals surface area contributed by atoms with Crippen LogP contribution in [0.3, 0.4) is 0 Å². The molecule has 5 rings (SSSR count). The van der Waals surface area contributed by atoms with Crippen molar-refractivity contribution in [2.75, 3.05) is 0 Å². The van der Waals surface area contributed by atoms with E-state index in [0.29, 0.717) is 17.3 Å². The van der Waals surface area contributed by atoms with E-state index in [-0.39, 0.29) is 4.90 Å². The summed E-state index contributed by atoms with van der Waals surface area (Å²) in [4.78, 5) is 4.70. The van der Waals surface area contributed by atoms with E-state index in [1.54, 1.807) is 30.5 Å². The van der Waals surface area contributed by atoms with Crippen LogP contribution in [0.15, 0.2) is 90.0 Å². The first kappa shape index (κ1) is 19.8. The van der Waals surface area contributed by atoms with Crippen LogP contribution in [0.5, 0.6) is 0 Å². The average molecular weight is 428 g/mol. The molecule has 0 N–H and O–H groups in total. The molecule has 1 saturated carbocycles. The van der Waals surface area contributed by atoms with E-state index in [9.17, 15) is 8.42 Å². The van der Waals surface area contributed by atoms with Gasteiger partial charge in [-0.3, -0.25) is 0 Å². The van der Waals surface area contributed by atoms with Crippen molar-refractivity contribution in [1.29, 1.82) is 0 Å². The van der Waals surface area contributed by atoms with Crippen LogP contribution in [0, 0.1) is 12.0 Å². The summed E-state index contributed by atoms with van der Waals surface area (Å²) in [6, 6.07) is 25.1. The zero-order valence-corrected chi connectivity index (χ0v) is 17.9. The lowest BCUT2D eigenvalue weighted by Gasteiger charge is -2.16. The van der Waals surface area contributed by atoms with Gasteiger partial charge in [-0.15, -0.1) is 0 Å². The third kappa shape index (κ3) is 3.70. The summed E-state index contributed by atoms with van der Waals surface area (Å²) in [6.07, 6.45) is 8.57. The van der Waals surface area contributed by atoms with Gasteiger partial charge in [-0.2, -0.15) is 0 Å². The molecule has 2 aromatic heterocycles. The van der Waals surface area contributed by atoms with Crippen LogP contribution in [-0.4, -0.2) is 17.4 Å². The van der Waals surface area contributed by atoms with Crippen LogP contribution >= 0.6 is 0 Å². The topological polar surface area (TPSA) is 52.0 Å². The molecule has 4 aromatic rings. The molecule has 1 aliphatic rings. The van der Waals surface area contributed by atoms with Crippen LogP contribution in [0.4, 0.5) is 0 Å². The van der Waals surface area contributed by atoms with Gasteiger partial charge in [0.15, 0.2) is 5.65 Å². The third-order valence-corrected chi connectivity index (χ3v) is 7.62. The highest BCUT2D eigenvalue weighted by Gasteiger charge is 2.26. The molecule has 1 radical (unpaired) electrons. The molecular weight excluding hydrogens is 404 g/mol. The van der Waals surface area contributed by atoms with Crippen molar-refractivity contribution in [2.24, 2.45) is 5.92 Å². The number of hydrogen-bond donors (Lipinski definition) is 0. The van der Waals surface area contributed by atoms with Crippen molar-refractivity contribution in [1.82, 2.24) is 8.96 Å². The zero-order chi connectivity index (χ0) is 21.3. The summed E-state index contributed by atoms with van der Waals surface area (Å²) in [6.45, 7) is 0. The number of aromatic nitrogens is 2. The second kappa shape index (κ2) is 8.16. The molecule has 2 aromatic carbocycles. The Bertz CT molecular complexity index is 1330. The van der Waals surface area contributed by atoms with Crippen molar-refractivity contribution in [3.05, 3.63) is 102 Å². The molecule has 0 spiro atoms. The Hall–Kier alpha value is -3.18. The summed E-state index contributed by atoms with van der Waals surface area (Å²) < 4.78 is 29.0. The van der Waals surface area contributed by atoms with Crippen LogP contribution in [0.2, 0.25) is 0 Å². The van der Waals surface area contributed by atoms with Gasteiger partial charge in [-0.05, 0) is 66.8 Å². The minimum absolute atomic E-state index is 0.249. The maximum absolute atomic E-state index is 13.8. The Balaban J connectivity index is 1.80. The Kier molecular flexibility index (Phi) is 5.20. The molecule has 0 aliphatic heterocycles. The Morgan fingerprint density at radius 2 is 1.84 bits per heavy atom. The summed E-state index contributed by atoms with van der Waals surface area (Å²) in [5, 5.41) is 0.800. The number of hydrogen-bond acceptors (Lipinski definition) is 3. The standard InChI is InChI=1S/C26H23N2O2S/c29-31(30,23-15-5-2-6-16-23)28-25(19-22-14-9-17-27-26(22)28)24(18-20-10-7-8-11-20)21-12-3-1-4-13-21/h1-3,5-6,9,12-20H,7-8,10-11H2. The Morgan fingerprint density at radius 1 is 1.03 bits per heavy atom. The molecule has 2 heterocycles. The second-order valence-electron chi connectivity index (χ2n) is 7.95. The molecule has 0 bridgehead atoms. The quantitative estimate of drug-likeness (QED) is 0.411. The lowest BCUT2D eigenvalue weighted by molar-refractivity contribution is 0.588. The van der Waals surface area contributed by atoms with E-state index in [0.717, 1.165) is 29.4 Å². The van der Waals surface area contributed by atoms with E-state index < -0.39 is 10.0 Å². The highest BCUT2D eigenvalue weighted by atomic mass is 32.2. The van der Waals surface area contributed by atoms with E-state index >= 15 is 0 Å². The fraction of sp³-hybridized carbons (Fsp3) is 0.192. The number of nitrogens with zero attached hydrogens (tertiary/aromatic N) is 2. The van der Waals surface area contributed by atoms with E-state index in [4.69, 9.17) is 0 Å². The predicted molar refractivity (Wildman–Crippen MR) is 123 cm³/mol. The largest absolute Gasteiger partial charge is 0.269 e. The molecule has 0 amide bonds. The fourth-order valence-corrected chi connectivity index (χ4v) is 5.89. The zero-order valence-electron chi connectivity index (χ0n) is 17.1. The van der Waals surface area contributed by atoms with Crippen molar-refractivity contribution < 1.29 is 8.42 Å². The minimum atomic E-state index is -3.84. The monoisotopic (exact) mass is 427 g/mol. The van der Waals surface area contributed by atoms with Crippen molar-refractivity contribution in [3.63, 3.8) is 0 Å². The normalized spacial score (nSPS) is 15.5. The summed E-state index contributed by atoms with van der Waals surface area (Å²) in [7, 11) is -3.84. The van der Waals surface area contributed by atoms with Gasteiger partial charge in [0.25, 0.3) is 10.0 Å². The fourth-order valence-electron chi connectivity index (χ4n) is 4.39. The van der Waals surface area contributed by atoms with E-state index in [1.807, 2.05) is 48.5 Å². The molecule has 0 unspecified atom stereocenters. The molecule has 1 fully saturated rings. The summed E-state index contributed by atoms with van der Waals surface area (Å²) in [5.41, 5.74) is 2.96. The van der Waals surface area contributed by atoms with Gasteiger partial charge in [0.05, 0.1) is 10.6 Å². The predicted octanol–water partition coefficient (Wildman–Crippen LogP) is 5.70. The van der Waals surface area contributed by atoms with Crippen molar-refractivity contribution >= 4 is 26.6 Å². The van der Waals surface area contributed by atoms with E-state index in [1.165, 1.54) is 16.8 Å². The lowest BCUT2D eigenvalue weighted by atomic mass is 9.96. The van der Waals surface area contributed by atoms with Crippen molar-refractivity contribution in [2.45, 2.75) is 30.6 Å². The number of rotatable bonds is 5. The molecule has 31 heavy (non-hydrogen) atoms. The van der Waals surface area contributed by atoms with Gasteiger partial charge >= 0.3 is 0 Å². The minimum Gasteiger partial charge on any atom is -0.237 e. The number of fused-ring (bicyclic) bond motifs is 1. The van der Waals surface area contributed by atoms with Gasteiger partial charge in [0.1, 0.15) is 0 Å².